The Balaban J connectivity index is 1.88. The maximum absolute atomic E-state index is 10.1. The summed E-state index contributed by atoms with van der Waals surface area (Å²) >= 11 is 6.05. The third-order valence-electron chi connectivity index (χ3n) is 3.07. The van der Waals surface area contributed by atoms with Crippen LogP contribution in [0.3, 0.4) is 0 Å². The van der Waals surface area contributed by atoms with Crippen molar-refractivity contribution in [2.75, 3.05) is 13.7 Å². The normalized spacial score (nSPS) is 12.2. The van der Waals surface area contributed by atoms with Crippen LogP contribution >= 0.6 is 11.6 Å². The van der Waals surface area contributed by atoms with E-state index in [2.05, 4.69) is 5.32 Å². The maximum atomic E-state index is 10.1. The first kappa shape index (κ1) is 14.9. The molecule has 0 aromatic heterocycles. The number of hydrogen-bond acceptors (Lipinski definition) is 3. The fraction of sp³-hybridized carbons (Fsp3) is 0.250. The fourth-order valence-electron chi connectivity index (χ4n) is 1.99. The summed E-state index contributed by atoms with van der Waals surface area (Å²) in [6, 6.07) is 15.2. The molecule has 4 heteroatoms. The molecule has 0 bridgehead atoms. The minimum absolute atomic E-state index is 0.445. The standard InChI is InChI=1S/C16H18ClNO2/c1-20-13-6-4-5-12(9-13)10-18-11-16(19)14-7-2-3-8-15(14)17/h2-9,16,18-19H,10-11H2,1H3. The molecule has 0 fully saturated rings. The van der Waals surface area contributed by atoms with Crippen molar-refractivity contribution in [1.29, 1.82) is 0 Å². The van der Waals surface area contributed by atoms with E-state index < -0.39 is 6.10 Å². The number of methoxy groups -OCH3 is 1. The molecule has 0 spiro atoms. The largest absolute Gasteiger partial charge is 0.497 e. The zero-order valence-corrected chi connectivity index (χ0v) is 12.1. The Hall–Kier alpha value is -1.55. The van der Waals surface area contributed by atoms with Crippen LogP contribution in [0.2, 0.25) is 5.02 Å². The topological polar surface area (TPSA) is 41.5 Å². The molecule has 2 N–H and O–H groups in total. The molecule has 0 saturated heterocycles. The SMILES string of the molecule is COc1cccc(CNCC(O)c2ccccc2Cl)c1. The number of ether oxygens (including phenoxy) is 1. The monoisotopic (exact) mass is 291 g/mol. The molecule has 1 unspecified atom stereocenters. The van der Waals surface area contributed by atoms with Gasteiger partial charge in [-0.15, -0.1) is 0 Å². The Labute approximate surface area is 124 Å². The molecule has 3 nitrogen and oxygen atoms in total. The molecule has 0 aliphatic heterocycles. The predicted octanol–water partition coefficient (Wildman–Crippen LogP) is 3.17. The Morgan fingerprint density at radius 1 is 1.20 bits per heavy atom. The summed E-state index contributed by atoms with van der Waals surface area (Å²) in [6.07, 6.45) is -0.616. The molecule has 106 valence electrons. The van der Waals surface area contributed by atoms with Gasteiger partial charge in [0.1, 0.15) is 5.75 Å². The number of halogens is 1. The average molecular weight is 292 g/mol. The van der Waals surface area contributed by atoms with Crippen LogP contribution < -0.4 is 10.1 Å². The smallest absolute Gasteiger partial charge is 0.119 e. The molecule has 0 aliphatic rings. The number of benzene rings is 2. The van der Waals surface area contributed by atoms with Gasteiger partial charge in [0.2, 0.25) is 0 Å². The van der Waals surface area contributed by atoms with Gasteiger partial charge in [-0.1, -0.05) is 41.9 Å². The van der Waals surface area contributed by atoms with Crippen molar-refractivity contribution in [3.63, 3.8) is 0 Å². The van der Waals surface area contributed by atoms with Gasteiger partial charge < -0.3 is 15.2 Å². The molecule has 0 heterocycles. The minimum Gasteiger partial charge on any atom is -0.497 e. The predicted molar refractivity (Wildman–Crippen MR) is 81.1 cm³/mol. The van der Waals surface area contributed by atoms with E-state index in [9.17, 15) is 5.11 Å². The van der Waals surface area contributed by atoms with Crippen molar-refractivity contribution in [2.24, 2.45) is 0 Å². The van der Waals surface area contributed by atoms with Crippen molar-refractivity contribution >= 4 is 11.6 Å². The number of aliphatic hydroxyl groups is 1. The summed E-state index contributed by atoms with van der Waals surface area (Å²) in [5, 5.41) is 13.9. The lowest BCUT2D eigenvalue weighted by Gasteiger charge is -2.14. The van der Waals surface area contributed by atoms with E-state index in [0.29, 0.717) is 18.1 Å². The first-order valence-electron chi connectivity index (χ1n) is 6.47. The van der Waals surface area contributed by atoms with Gasteiger partial charge in [-0.05, 0) is 23.8 Å². The lowest BCUT2D eigenvalue weighted by molar-refractivity contribution is 0.174. The third kappa shape index (κ3) is 3.97. The summed E-state index contributed by atoms with van der Waals surface area (Å²) in [6.45, 7) is 1.11. The first-order chi connectivity index (χ1) is 9.70. The first-order valence-corrected chi connectivity index (χ1v) is 6.84. The highest BCUT2D eigenvalue weighted by atomic mass is 35.5. The van der Waals surface area contributed by atoms with Crippen molar-refractivity contribution in [2.45, 2.75) is 12.6 Å². The number of aliphatic hydroxyl groups excluding tert-OH is 1. The van der Waals surface area contributed by atoms with Crippen LogP contribution in [0.15, 0.2) is 48.5 Å². The minimum atomic E-state index is -0.616. The molecule has 1 atom stereocenters. The molecule has 0 radical (unpaired) electrons. The van der Waals surface area contributed by atoms with E-state index in [0.717, 1.165) is 16.9 Å². The van der Waals surface area contributed by atoms with Crippen molar-refractivity contribution < 1.29 is 9.84 Å². The molecular formula is C16H18ClNO2. The lowest BCUT2D eigenvalue weighted by atomic mass is 10.1. The average Bonchev–Trinajstić information content (AvgIpc) is 2.48. The van der Waals surface area contributed by atoms with Crippen LogP contribution in [-0.2, 0) is 6.54 Å². The second kappa shape index (κ2) is 7.29. The van der Waals surface area contributed by atoms with Crippen LogP contribution in [-0.4, -0.2) is 18.8 Å². The molecule has 0 aliphatic carbocycles. The quantitative estimate of drug-likeness (QED) is 0.859. The second-order valence-electron chi connectivity index (χ2n) is 4.52. The maximum Gasteiger partial charge on any atom is 0.119 e. The van der Waals surface area contributed by atoms with Crippen LogP contribution in [0.4, 0.5) is 0 Å². The molecule has 20 heavy (non-hydrogen) atoms. The highest BCUT2D eigenvalue weighted by Gasteiger charge is 2.10. The third-order valence-corrected chi connectivity index (χ3v) is 3.41. The lowest BCUT2D eigenvalue weighted by Crippen LogP contribution is -2.21. The highest BCUT2D eigenvalue weighted by molar-refractivity contribution is 6.31. The number of hydrogen-bond donors (Lipinski definition) is 2. The van der Waals surface area contributed by atoms with E-state index in [1.165, 1.54) is 0 Å². The Kier molecular flexibility index (Phi) is 5.41. The van der Waals surface area contributed by atoms with Crippen molar-refractivity contribution in [1.82, 2.24) is 5.32 Å². The summed E-state index contributed by atoms with van der Waals surface area (Å²) in [5.74, 6) is 0.830. The van der Waals surface area contributed by atoms with Crippen LogP contribution in [0.5, 0.6) is 5.75 Å². The van der Waals surface area contributed by atoms with Gasteiger partial charge in [0.25, 0.3) is 0 Å². The van der Waals surface area contributed by atoms with Crippen LogP contribution in [0, 0.1) is 0 Å². The van der Waals surface area contributed by atoms with E-state index >= 15 is 0 Å². The van der Waals surface area contributed by atoms with Gasteiger partial charge in [0, 0.05) is 23.7 Å². The van der Waals surface area contributed by atoms with Crippen molar-refractivity contribution in [3.8, 4) is 5.75 Å². The summed E-state index contributed by atoms with van der Waals surface area (Å²) in [5.41, 5.74) is 1.85. The Morgan fingerprint density at radius 3 is 2.75 bits per heavy atom. The van der Waals surface area contributed by atoms with Gasteiger partial charge in [0.15, 0.2) is 0 Å². The Morgan fingerprint density at radius 2 is 2.00 bits per heavy atom. The summed E-state index contributed by atoms with van der Waals surface area (Å²) in [7, 11) is 1.65. The molecule has 2 aromatic carbocycles. The van der Waals surface area contributed by atoms with Crippen LogP contribution in [0.1, 0.15) is 17.2 Å². The van der Waals surface area contributed by atoms with Gasteiger partial charge in [-0.25, -0.2) is 0 Å². The second-order valence-corrected chi connectivity index (χ2v) is 4.93. The van der Waals surface area contributed by atoms with Gasteiger partial charge >= 0.3 is 0 Å². The van der Waals surface area contributed by atoms with E-state index in [-0.39, 0.29) is 0 Å². The van der Waals surface area contributed by atoms with Gasteiger partial charge in [0.05, 0.1) is 13.2 Å². The summed E-state index contributed by atoms with van der Waals surface area (Å²) < 4.78 is 5.17. The van der Waals surface area contributed by atoms with E-state index in [4.69, 9.17) is 16.3 Å². The highest BCUT2D eigenvalue weighted by Crippen LogP contribution is 2.22. The Bertz CT molecular complexity index is 560. The number of nitrogens with one attached hydrogen (secondary N) is 1. The number of rotatable bonds is 6. The molecule has 2 rings (SSSR count). The van der Waals surface area contributed by atoms with Gasteiger partial charge in [-0.2, -0.15) is 0 Å². The van der Waals surface area contributed by atoms with E-state index in [1.807, 2.05) is 42.5 Å². The molecule has 0 saturated carbocycles. The fourth-order valence-corrected chi connectivity index (χ4v) is 2.25. The molecular weight excluding hydrogens is 274 g/mol. The molecule has 0 amide bonds. The summed E-state index contributed by atoms with van der Waals surface area (Å²) in [4.78, 5) is 0. The van der Waals surface area contributed by atoms with E-state index in [1.54, 1.807) is 13.2 Å². The zero-order chi connectivity index (χ0) is 14.4. The zero-order valence-electron chi connectivity index (χ0n) is 11.3. The molecule has 2 aromatic rings. The van der Waals surface area contributed by atoms with Crippen LogP contribution in [0.25, 0.3) is 0 Å². The van der Waals surface area contributed by atoms with Gasteiger partial charge in [-0.3, -0.25) is 0 Å². The van der Waals surface area contributed by atoms with Crippen molar-refractivity contribution in [3.05, 3.63) is 64.7 Å².